The van der Waals surface area contributed by atoms with Gasteiger partial charge in [0.25, 0.3) is 0 Å². The first kappa shape index (κ1) is 15.0. The minimum Gasteiger partial charge on any atom is -0.469 e. The molecule has 1 aromatic carbocycles. The summed E-state index contributed by atoms with van der Waals surface area (Å²) in [5.74, 6) is -0.289. The summed E-state index contributed by atoms with van der Waals surface area (Å²) in [6, 6.07) is 12.1. The number of hydrogen-bond donors (Lipinski definition) is 0. The van der Waals surface area contributed by atoms with Crippen LogP contribution >= 0.6 is 0 Å². The lowest BCUT2D eigenvalue weighted by molar-refractivity contribution is -0.565. The summed E-state index contributed by atoms with van der Waals surface area (Å²) in [5.41, 5.74) is -0.740. The second kappa shape index (κ2) is 5.91. The van der Waals surface area contributed by atoms with E-state index in [0.29, 0.717) is 11.3 Å². The van der Waals surface area contributed by atoms with Gasteiger partial charge in [0.1, 0.15) is 5.76 Å². The molecule has 0 aliphatic rings. The van der Waals surface area contributed by atoms with E-state index in [4.69, 9.17) is 4.42 Å². The van der Waals surface area contributed by atoms with Crippen molar-refractivity contribution in [3.05, 3.63) is 70.2 Å². The van der Waals surface area contributed by atoms with Gasteiger partial charge in [-0.05, 0) is 12.1 Å². The van der Waals surface area contributed by atoms with Crippen molar-refractivity contribution in [2.75, 3.05) is 0 Å². The topological polar surface area (TPSA) is 73.3 Å². The van der Waals surface area contributed by atoms with E-state index >= 15 is 0 Å². The molecule has 110 valence electrons. The summed E-state index contributed by atoms with van der Waals surface area (Å²) in [5, 5.41) is 11.3. The van der Waals surface area contributed by atoms with Crippen LogP contribution in [0.25, 0.3) is 0 Å². The summed E-state index contributed by atoms with van der Waals surface area (Å²) in [6.07, 6.45) is 1.50. The largest absolute Gasteiger partial charge is 0.469 e. The zero-order chi connectivity index (χ0) is 15.5. The molecule has 0 radical (unpaired) electrons. The quantitative estimate of drug-likeness (QED) is 0.461. The van der Waals surface area contributed by atoms with Gasteiger partial charge < -0.3 is 4.42 Å². The Hall–Kier alpha value is -2.43. The summed E-state index contributed by atoms with van der Waals surface area (Å²) >= 11 is 0. The molecule has 5 nitrogen and oxygen atoms in total. The second-order valence-corrected chi connectivity index (χ2v) is 5.47. The molecule has 5 heteroatoms. The lowest BCUT2D eigenvalue weighted by Crippen LogP contribution is -2.39. The SMILES string of the molecule is CC(C)([C@H](CC(=O)c1ccccc1)c1ccco1)[N+](=O)[O-]. The van der Waals surface area contributed by atoms with Crippen LogP contribution in [0.2, 0.25) is 0 Å². The number of carbonyl (C=O) groups excluding carboxylic acids is 1. The van der Waals surface area contributed by atoms with Gasteiger partial charge in [0.15, 0.2) is 5.78 Å². The van der Waals surface area contributed by atoms with E-state index in [1.165, 1.54) is 20.1 Å². The number of ketones is 1. The lowest BCUT2D eigenvalue weighted by atomic mass is 9.81. The summed E-state index contributed by atoms with van der Waals surface area (Å²) in [7, 11) is 0. The molecule has 2 rings (SSSR count). The van der Waals surface area contributed by atoms with E-state index in [1.807, 2.05) is 6.07 Å². The van der Waals surface area contributed by atoms with E-state index in [2.05, 4.69) is 0 Å². The third kappa shape index (κ3) is 3.18. The molecule has 0 aliphatic carbocycles. The van der Waals surface area contributed by atoms with Gasteiger partial charge in [-0.15, -0.1) is 0 Å². The van der Waals surface area contributed by atoms with Gasteiger partial charge in [-0.3, -0.25) is 14.9 Å². The molecule has 2 aromatic rings. The van der Waals surface area contributed by atoms with E-state index < -0.39 is 11.5 Å². The minimum atomic E-state index is -1.29. The van der Waals surface area contributed by atoms with Gasteiger partial charge in [-0.2, -0.15) is 0 Å². The first-order valence-corrected chi connectivity index (χ1v) is 6.69. The first-order valence-electron chi connectivity index (χ1n) is 6.69. The fourth-order valence-electron chi connectivity index (χ4n) is 2.24. The number of benzene rings is 1. The number of nitro groups is 1. The maximum Gasteiger partial charge on any atom is 0.227 e. The highest BCUT2D eigenvalue weighted by molar-refractivity contribution is 5.96. The van der Waals surface area contributed by atoms with Crippen LogP contribution in [0.3, 0.4) is 0 Å². The Morgan fingerprint density at radius 1 is 1.24 bits per heavy atom. The first-order chi connectivity index (χ1) is 9.93. The van der Waals surface area contributed by atoms with Crippen LogP contribution in [0.5, 0.6) is 0 Å². The number of nitrogens with zero attached hydrogens (tertiary/aromatic N) is 1. The van der Waals surface area contributed by atoms with Gasteiger partial charge in [0.05, 0.1) is 12.2 Å². The van der Waals surface area contributed by atoms with Crippen LogP contribution < -0.4 is 0 Å². The van der Waals surface area contributed by atoms with Crippen LogP contribution in [0.15, 0.2) is 53.1 Å². The molecule has 0 saturated heterocycles. The molecule has 21 heavy (non-hydrogen) atoms. The molecule has 1 aromatic heterocycles. The molecule has 0 saturated carbocycles. The molecule has 1 atom stereocenters. The van der Waals surface area contributed by atoms with Crippen LogP contribution in [0.4, 0.5) is 0 Å². The van der Waals surface area contributed by atoms with Crippen LogP contribution in [0, 0.1) is 10.1 Å². The molecule has 0 amide bonds. The normalized spacial score (nSPS) is 12.9. The Morgan fingerprint density at radius 2 is 1.90 bits per heavy atom. The van der Waals surface area contributed by atoms with Crippen molar-refractivity contribution in [1.82, 2.24) is 0 Å². The van der Waals surface area contributed by atoms with Gasteiger partial charge in [0.2, 0.25) is 5.54 Å². The van der Waals surface area contributed by atoms with E-state index in [1.54, 1.807) is 36.4 Å². The summed E-state index contributed by atoms with van der Waals surface area (Å²) in [6.45, 7) is 3.02. The highest BCUT2D eigenvalue weighted by Crippen LogP contribution is 2.35. The summed E-state index contributed by atoms with van der Waals surface area (Å²) in [4.78, 5) is 23.3. The zero-order valence-electron chi connectivity index (χ0n) is 12.0. The van der Waals surface area contributed by atoms with Gasteiger partial charge in [0, 0.05) is 30.8 Å². The van der Waals surface area contributed by atoms with Crippen LogP contribution in [-0.4, -0.2) is 16.2 Å². The highest BCUT2D eigenvalue weighted by Gasteiger charge is 2.44. The fraction of sp³-hybridized carbons (Fsp3) is 0.312. The van der Waals surface area contributed by atoms with Gasteiger partial charge >= 0.3 is 0 Å². The average Bonchev–Trinajstić information content (AvgIpc) is 2.98. The van der Waals surface area contributed by atoms with Crippen molar-refractivity contribution >= 4 is 5.78 Å². The van der Waals surface area contributed by atoms with E-state index in [-0.39, 0.29) is 17.1 Å². The Balaban J connectivity index is 2.30. The number of rotatable bonds is 6. The highest BCUT2D eigenvalue weighted by atomic mass is 16.6. The molecule has 0 aliphatic heterocycles. The Bertz CT molecular complexity index is 617. The number of Topliss-reactive ketones (excluding diaryl/α,β-unsaturated/α-hetero) is 1. The smallest absolute Gasteiger partial charge is 0.227 e. The maximum absolute atomic E-state index is 12.4. The third-order valence-electron chi connectivity index (χ3n) is 3.70. The van der Waals surface area contributed by atoms with Crippen molar-refractivity contribution < 1.29 is 14.1 Å². The van der Waals surface area contributed by atoms with Crippen LogP contribution in [0.1, 0.15) is 42.3 Å². The molecule has 0 unspecified atom stereocenters. The standard InChI is InChI=1S/C16H17NO4/c1-16(2,17(19)20)13(15-9-6-10-21-15)11-14(18)12-7-4-3-5-8-12/h3-10,13H,11H2,1-2H3/t13-/m1/s1. The molecule has 1 heterocycles. The molecular formula is C16H17NO4. The second-order valence-electron chi connectivity index (χ2n) is 5.47. The number of furan rings is 1. The predicted molar refractivity (Wildman–Crippen MR) is 77.9 cm³/mol. The monoisotopic (exact) mass is 287 g/mol. The Kier molecular flexibility index (Phi) is 4.21. The number of hydrogen-bond acceptors (Lipinski definition) is 4. The average molecular weight is 287 g/mol. The predicted octanol–water partition coefficient (Wildman–Crippen LogP) is 3.69. The van der Waals surface area contributed by atoms with Crippen molar-refractivity contribution in [3.8, 4) is 0 Å². The Labute approximate surface area is 122 Å². The van der Waals surface area contributed by atoms with Crippen molar-refractivity contribution in [1.29, 1.82) is 0 Å². The third-order valence-corrected chi connectivity index (χ3v) is 3.70. The molecular weight excluding hydrogens is 270 g/mol. The van der Waals surface area contributed by atoms with Crippen molar-refractivity contribution in [2.24, 2.45) is 0 Å². The van der Waals surface area contributed by atoms with E-state index in [0.717, 1.165) is 0 Å². The van der Waals surface area contributed by atoms with Crippen LogP contribution in [-0.2, 0) is 0 Å². The van der Waals surface area contributed by atoms with Crippen molar-refractivity contribution in [3.63, 3.8) is 0 Å². The minimum absolute atomic E-state index is 0.0332. The lowest BCUT2D eigenvalue weighted by Gasteiger charge is -2.24. The van der Waals surface area contributed by atoms with Crippen molar-refractivity contribution in [2.45, 2.75) is 31.7 Å². The molecule has 0 spiro atoms. The van der Waals surface area contributed by atoms with Gasteiger partial charge in [-0.25, -0.2) is 0 Å². The molecule has 0 fully saturated rings. The molecule has 0 N–H and O–H groups in total. The zero-order valence-corrected chi connectivity index (χ0v) is 12.0. The van der Waals surface area contributed by atoms with Gasteiger partial charge in [-0.1, -0.05) is 30.3 Å². The van der Waals surface area contributed by atoms with E-state index in [9.17, 15) is 14.9 Å². The maximum atomic E-state index is 12.4. The molecule has 0 bridgehead atoms. The fourth-order valence-corrected chi connectivity index (χ4v) is 2.24. The summed E-state index contributed by atoms with van der Waals surface area (Å²) < 4.78 is 5.31. The Morgan fingerprint density at radius 3 is 2.43 bits per heavy atom. The number of carbonyl (C=O) groups is 1.